The van der Waals surface area contributed by atoms with Crippen molar-refractivity contribution in [1.29, 1.82) is 0 Å². The van der Waals surface area contributed by atoms with Gasteiger partial charge in [0.25, 0.3) is 0 Å². The number of hydrogen-bond donors (Lipinski definition) is 1. The highest BCUT2D eigenvalue weighted by Gasteiger charge is 2.34. The van der Waals surface area contributed by atoms with Crippen molar-refractivity contribution in [3.05, 3.63) is 0 Å². The number of carbonyl (C=O) groups is 1. The van der Waals surface area contributed by atoms with Crippen molar-refractivity contribution in [1.82, 2.24) is 0 Å². The Bertz CT molecular complexity index is 217. The molecule has 1 saturated heterocycles. The van der Waals surface area contributed by atoms with Gasteiger partial charge in [-0.25, -0.2) is 0 Å². The molecule has 0 bridgehead atoms. The highest BCUT2D eigenvalue weighted by atomic mass is 16.5. The lowest BCUT2D eigenvalue weighted by Crippen LogP contribution is -2.43. The summed E-state index contributed by atoms with van der Waals surface area (Å²) in [4.78, 5) is 11.3. The predicted octanol–water partition coefficient (Wildman–Crippen LogP) is 1.11. The zero-order valence-electron chi connectivity index (χ0n) is 9.60. The van der Waals surface area contributed by atoms with Gasteiger partial charge >= 0.3 is 5.97 Å². The summed E-state index contributed by atoms with van der Waals surface area (Å²) in [6.45, 7) is 5.98. The van der Waals surface area contributed by atoms with Crippen LogP contribution in [0, 0.1) is 5.92 Å². The molecule has 1 aliphatic heterocycles. The molecule has 4 atom stereocenters. The van der Waals surface area contributed by atoms with E-state index >= 15 is 0 Å². The molecule has 4 heteroatoms. The molecule has 88 valence electrons. The van der Waals surface area contributed by atoms with E-state index in [2.05, 4.69) is 0 Å². The van der Waals surface area contributed by atoms with Crippen LogP contribution in [0.1, 0.15) is 33.6 Å². The van der Waals surface area contributed by atoms with E-state index < -0.39 is 0 Å². The number of carbonyl (C=O) groups excluding carboxylic acids is 1. The van der Waals surface area contributed by atoms with E-state index in [1.54, 1.807) is 6.92 Å². The summed E-state index contributed by atoms with van der Waals surface area (Å²) >= 11 is 0. The molecule has 15 heavy (non-hydrogen) atoms. The lowest BCUT2D eigenvalue weighted by atomic mass is 9.89. The predicted molar refractivity (Wildman–Crippen MR) is 55.4 cm³/mol. The monoisotopic (exact) mass is 216 g/mol. The van der Waals surface area contributed by atoms with Crippen LogP contribution in [0.15, 0.2) is 0 Å². The zero-order valence-corrected chi connectivity index (χ0v) is 9.60. The highest BCUT2D eigenvalue weighted by Crippen LogP contribution is 2.27. The summed E-state index contributed by atoms with van der Waals surface area (Å²) in [5.41, 5.74) is 0. The second-order valence-electron chi connectivity index (χ2n) is 4.16. The molecule has 1 aliphatic rings. The van der Waals surface area contributed by atoms with Crippen LogP contribution in [0.5, 0.6) is 0 Å². The lowest BCUT2D eigenvalue weighted by Gasteiger charge is -2.36. The Morgan fingerprint density at radius 3 is 2.80 bits per heavy atom. The van der Waals surface area contributed by atoms with Gasteiger partial charge in [-0.1, -0.05) is 6.92 Å². The molecule has 0 saturated carbocycles. The standard InChI is InChI=1S/C11H20O4/c1-4-14-11(13)6-10-8(3)9(12)5-7(2)15-10/h7-10,12H,4-6H2,1-3H3/t7-,8-,9+,10+/m0/s1. The first-order valence-electron chi connectivity index (χ1n) is 5.53. The Hall–Kier alpha value is -0.610. The second-order valence-corrected chi connectivity index (χ2v) is 4.16. The van der Waals surface area contributed by atoms with Crippen LogP contribution >= 0.6 is 0 Å². The van der Waals surface area contributed by atoms with Crippen molar-refractivity contribution in [2.45, 2.75) is 51.9 Å². The third-order valence-electron chi connectivity index (χ3n) is 2.85. The molecule has 1 heterocycles. The van der Waals surface area contributed by atoms with E-state index in [0.29, 0.717) is 13.0 Å². The molecule has 0 aromatic carbocycles. The van der Waals surface area contributed by atoms with Crippen LogP contribution in [0.3, 0.4) is 0 Å². The first-order chi connectivity index (χ1) is 7.04. The van der Waals surface area contributed by atoms with E-state index in [9.17, 15) is 9.90 Å². The summed E-state index contributed by atoms with van der Waals surface area (Å²) in [7, 11) is 0. The van der Waals surface area contributed by atoms with Crippen LogP contribution < -0.4 is 0 Å². The highest BCUT2D eigenvalue weighted by molar-refractivity contribution is 5.70. The van der Waals surface area contributed by atoms with Gasteiger partial charge in [0.2, 0.25) is 0 Å². The van der Waals surface area contributed by atoms with Gasteiger partial charge in [0.15, 0.2) is 0 Å². The number of aliphatic hydroxyl groups is 1. The van der Waals surface area contributed by atoms with Crippen LogP contribution in [0.25, 0.3) is 0 Å². The fourth-order valence-electron chi connectivity index (χ4n) is 1.90. The Balaban J connectivity index is 2.48. The molecule has 4 nitrogen and oxygen atoms in total. The second kappa shape index (κ2) is 5.47. The number of aliphatic hydroxyl groups excluding tert-OH is 1. The van der Waals surface area contributed by atoms with Crippen molar-refractivity contribution in [3.8, 4) is 0 Å². The normalized spacial score (nSPS) is 36.3. The SMILES string of the molecule is CCOC(=O)C[C@H]1O[C@@H](C)C[C@@H](O)[C@@H]1C. The van der Waals surface area contributed by atoms with Crippen LogP contribution in [0.2, 0.25) is 0 Å². The zero-order chi connectivity index (χ0) is 11.4. The minimum atomic E-state index is -0.381. The fraction of sp³-hybridized carbons (Fsp3) is 0.909. The first-order valence-corrected chi connectivity index (χ1v) is 5.53. The summed E-state index contributed by atoms with van der Waals surface area (Å²) in [6, 6.07) is 0. The van der Waals surface area contributed by atoms with Crippen molar-refractivity contribution in [2.24, 2.45) is 5.92 Å². The van der Waals surface area contributed by atoms with Crippen molar-refractivity contribution in [3.63, 3.8) is 0 Å². The molecule has 0 unspecified atom stereocenters. The van der Waals surface area contributed by atoms with Crippen molar-refractivity contribution >= 4 is 5.97 Å². The third kappa shape index (κ3) is 3.47. The number of hydrogen-bond acceptors (Lipinski definition) is 4. The molecule has 1 fully saturated rings. The Morgan fingerprint density at radius 2 is 2.20 bits per heavy atom. The van der Waals surface area contributed by atoms with Crippen LogP contribution in [-0.2, 0) is 14.3 Å². The van der Waals surface area contributed by atoms with E-state index in [1.807, 2.05) is 13.8 Å². The van der Waals surface area contributed by atoms with Crippen molar-refractivity contribution < 1.29 is 19.4 Å². The molecule has 1 rings (SSSR count). The van der Waals surface area contributed by atoms with E-state index in [1.165, 1.54) is 0 Å². The van der Waals surface area contributed by atoms with Gasteiger partial charge < -0.3 is 14.6 Å². The topological polar surface area (TPSA) is 55.8 Å². The summed E-state index contributed by atoms with van der Waals surface area (Å²) < 4.78 is 10.5. The van der Waals surface area contributed by atoms with Crippen LogP contribution in [-0.4, -0.2) is 36.0 Å². The van der Waals surface area contributed by atoms with E-state index in [4.69, 9.17) is 9.47 Å². The number of ether oxygens (including phenoxy) is 2. The average Bonchev–Trinajstić information content (AvgIpc) is 2.13. The quantitative estimate of drug-likeness (QED) is 0.718. The lowest BCUT2D eigenvalue weighted by molar-refractivity contribution is -0.158. The molecule has 0 aliphatic carbocycles. The molecule has 0 aromatic heterocycles. The fourth-order valence-corrected chi connectivity index (χ4v) is 1.90. The van der Waals surface area contributed by atoms with Gasteiger partial charge in [0.1, 0.15) is 0 Å². The molecule has 0 spiro atoms. The third-order valence-corrected chi connectivity index (χ3v) is 2.85. The molecule has 0 aromatic rings. The molecule has 0 radical (unpaired) electrons. The minimum Gasteiger partial charge on any atom is -0.466 e. The molecular formula is C11H20O4. The van der Waals surface area contributed by atoms with Crippen molar-refractivity contribution in [2.75, 3.05) is 6.61 Å². The summed E-state index contributed by atoms with van der Waals surface area (Å²) in [6.07, 6.45) is 0.281. The molecule has 0 amide bonds. The van der Waals surface area contributed by atoms with Crippen LogP contribution in [0.4, 0.5) is 0 Å². The maximum absolute atomic E-state index is 11.3. The minimum absolute atomic E-state index is 0.00870. The van der Waals surface area contributed by atoms with Gasteiger partial charge in [-0.05, 0) is 20.3 Å². The summed E-state index contributed by atoms with van der Waals surface area (Å²) in [5, 5.41) is 9.73. The Kier molecular flexibility index (Phi) is 4.54. The van der Waals surface area contributed by atoms with Gasteiger partial charge in [-0.2, -0.15) is 0 Å². The van der Waals surface area contributed by atoms with Gasteiger partial charge in [-0.15, -0.1) is 0 Å². The molecular weight excluding hydrogens is 196 g/mol. The number of esters is 1. The maximum atomic E-state index is 11.3. The average molecular weight is 216 g/mol. The van der Waals surface area contributed by atoms with E-state index in [-0.39, 0.29) is 36.6 Å². The smallest absolute Gasteiger partial charge is 0.308 e. The first kappa shape index (κ1) is 12.5. The van der Waals surface area contributed by atoms with Gasteiger partial charge in [0.05, 0.1) is 31.3 Å². The van der Waals surface area contributed by atoms with E-state index in [0.717, 1.165) is 0 Å². The Labute approximate surface area is 90.6 Å². The van der Waals surface area contributed by atoms with Gasteiger partial charge in [-0.3, -0.25) is 4.79 Å². The Morgan fingerprint density at radius 1 is 1.53 bits per heavy atom. The van der Waals surface area contributed by atoms with Gasteiger partial charge in [0, 0.05) is 5.92 Å². The maximum Gasteiger partial charge on any atom is 0.308 e. The summed E-state index contributed by atoms with van der Waals surface area (Å²) in [5.74, 6) is -0.263. The molecule has 1 N–H and O–H groups in total. The number of rotatable bonds is 3. The largest absolute Gasteiger partial charge is 0.466 e.